The summed E-state index contributed by atoms with van der Waals surface area (Å²) in [7, 11) is -1.35. The molecule has 0 amide bonds. The van der Waals surface area contributed by atoms with Gasteiger partial charge in [-0.05, 0) is 57.0 Å². The van der Waals surface area contributed by atoms with Crippen LogP contribution in [0.3, 0.4) is 0 Å². The van der Waals surface area contributed by atoms with Gasteiger partial charge in [-0.2, -0.15) is 0 Å². The quantitative estimate of drug-likeness (QED) is 0.653. The Morgan fingerprint density at radius 3 is 2.35 bits per heavy atom. The molecule has 114 valence electrons. The molecule has 0 radical (unpaired) electrons. The SMILES string of the molecule is CCCCc1ccc(NS(=O)(=O)CCCCNC)cc1. The van der Waals surface area contributed by atoms with Crippen molar-refractivity contribution in [3.63, 3.8) is 0 Å². The van der Waals surface area contributed by atoms with Crippen LogP contribution in [0, 0.1) is 0 Å². The van der Waals surface area contributed by atoms with Gasteiger partial charge in [-0.1, -0.05) is 25.5 Å². The monoisotopic (exact) mass is 298 g/mol. The Morgan fingerprint density at radius 1 is 1.05 bits per heavy atom. The zero-order chi connectivity index (χ0) is 14.8. The first kappa shape index (κ1) is 17.0. The molecule has 0 spiro atoms. The van der Waals surface area contributed by atoms with Crippen LogP contribution in [-0.2, 0) is 16.4 Å². The van der Waals surface area contributed by atoms with Crippen molar-refractivity contribution in [1.29, 1.82) is 0 Å². The third-order valence-electron chi connectivity index (χ3n) is 3.14. The van der Waals surface area contributed by atoms with Gasteiger partial charge in [-0.15, -0.1) is 0 Å². The number of rotatable bonds is 10. The molecule has 1 aromatic rings. The molecule has 0 saturated heterocycles. The standard InChI is InChI=1S/C15H26N2O2S/c1-3-4-7-14-8-10-15(11-9-14)17-20(18,19)13-6-5-12-16-2/h8-11,16-17H,3-7,12-13H2,1-2H3. The topological polar surface area (TPSA) is 58.2 Å². The molecule has 0 saturated carbocycles. The molecule has 1 rings (SSSR count). The molecular formula is C15H26N2O2S. The lowest BCUT2D eigenvalue weighted by Gasteiger charge is -2.09. The third kappa shape index (κ3) is 6.91. The molecule has 0 heterocycles. The average molecular weight is 298 g/mol. The zero-order valence-corrected chi connectivity index (χ0v) is 13.3. The molecule has 1 aromatic carbocycles. The van der Waals surface area contributed by atoms with Crippen molar-refractivity contribution in [1.82, 2.24) is 5.32 Å². The van der Waals surface area contributed by atoms with Gasteiger partial charge in [0.05, 0.1) is 5.75 Å². The molecule has 0 bridgehead atoms. The fourth-order valence-electron chi connectivity index (χ4n) is 1.94. The van der Waals surface area contributed by atoms with Gasteiger partial charge < -0.3 is 5.32 Å². The van der Waals surface area contributed by atoms with Crippen molar-refractivity contribution in [2.75, 3.05) is 24.1 Å². The van der Waals surface area contributed by atoms with E-state index in [1.165, 1.54) is 12.0 Å². The van der Waals surface area contributed by atoms with E-state index >= 15 is 0 Å². The van der Waals surface area contributed by atoms with Crippen molar-refractivity contribution in [2.24, 2.45) is 0 Å². The minimum absolute atomic E-state index is 0.173. The van der Waals surface area contributed by atoms with Crippen molar-refractivity contribution in [3.8, 4) is 0 Å². The average Bonchev–Trinajstić information content (AvgIpc) is 2.42. The van der Waals surface area contributed by atoms with Gasteiger partial charge in [0.15, 0.2) is 0 Å². The fraction of sp³-hybridized carbons (Fsp3) is 0.600. The lowest BCUT2D eigenvalue weighted by molar-refractivity contribution is 0.595. The van der Waals surface area contributed by atoms with Crippen LogP contribution in [0.2, 0.25) is 0 Å². The number of benzene rings is 1. The minimum Gasteiger partial charge on any atom is -0.320 e. The van der Waals surface area contributed by atoms with Gasteiger partial charge in [-0.3, -0.25) is 4.72 Å². The summed E-state index contributed by atoms with van der Waals surface area (Å²) >= 11 is 0. The Morgan fingerprint density at radius 2 is 1.75 bits per heavy atom. The summed E-state index contributed by atoms with van der Waals surface area (Å²) in [5.74, 6) is 0.173. The fourth-order valence-corrected chi connectivity index (χ4v) is 3.13. The van der Waals surface area contributed by atoms with Crippen LogP contribution in [0.5, 0.6) is 0 Å². The largest absolute Gasteiger partial charge is 0.320 e. The Labute approximate surface area is 123 Å². The van der Waals surface area contributed by atoms with E-state index in [4.69, 9.17) is 0 Å². The van der Waals surface area contributed by atoms with Crippen molar-refractivity contribution >= 4 is 15.7 Å². The van der Waals surface area contributed by atoms with E-state index in [2.05, 4.69) is 17.0 Å². The molecule has 0 atom stereocenters. The van der Waals surface area contributed by atoms with Gasteiger partial charge in [0.1, 0.15) is 0 Å². The highest BCUT2D eigenvalue weighted by atomic mass is 32.2. The van der Waals surface area contributed by atoms with Crippen molar-refractivity contribution < 1.29 is 8.42 Å². The van der Waals surface area contributed by atoms with Crippen LogP contribution < -0.4 is 10.0 Å². The van der Waals surface area contributed by atoms with Gasteiger partial charge >= 0.3 is 0 Å². The molecule has 2 N–H and O–H groups in total. The second-order valence-corrected chi connectivity index (χ2v) is 6.87. The van der Waals surface area contributed by atoms with E-state index in [0.717, 1.165) is 25.8 Å². The first-order valence-corrected chi connectivity index (χ1v) is 8.96. The predicted octanol–water partition coefficient (Wildman–Crippen LogP) is 2.77. The number of nitrogens with one attached hydrogen (secondary N) is 2. The van der Waals surface area contributed by atoms with Crippen LogP contribution in [0.4, 0.5) is 5.69 Å². The second kappa shape index (κ2) is 8.97. The Balaban J connectivity index is 2.46. The van der Waals surface area contributed by atoms with E-state index in [1.54, 1.807) is 0 Å². The molecular weight excluding hydrogens is 272 g/mol. The van der Waals surface area contributed by atoms with Gasteiger partial charge in [0.25, 0.3) is 0 Å². The van der Waals surface area contributed by atoms with Crippen LogP contribution in [0.15, 0.2) is 24.3 Å². The van der Waals surface area contributed by atoms with E-state index in [9.17, 15) is 8.42 Å². The van der Waals surface area contributed by atoms with Crippen LogP contribution in [0.25, 0.3) is 0 Å². The summed E-state index contributed by atoms with van der Waals surface area (Å²) in [6.07, 6.45) is 4.92. The van der Waals surface area contributed by atoms with E-state index in [0.29, 0.717) is 12.1 Å². The van der Waals surface area contributed by atoms with Crippen molar-refractivity contribution in [2.45, 2.75) is 39.0 Å². The lowest BCUT2D eigenvalue weighted by atomic mass is 10.1. The molecule has 5 heteroatoms. The second-order valence-electron chi connectivity index (χ2n) is 5.03. The third-order valence-corrected chi connectivity index (χ3v) is 4.51. The Kier molecular flexibility index (Phi) is 7.62. The highest BCUT2D eigenvalue weighted by Gasteiger charge is 2.09. The zero-order valence-electron chi connectivity index (χ0n) is 12.5. The summed E-state index contributed by atoms with van der Waals surface area (Å²) < 4.78 is 26.4. The molecule has 4 nitrogen and oxygen atoms in total. The van der Waals surface area contributed by atoms with E-state index in [-0.39, 0.29) is 5.75 Å². The highest BCUT2D eigenvalue weighted by molar-refractivity contribution is 7.92. The maximum Gasteiger partial charge on any atom is 0.232 e. The highest BCUT2D eigenvalue weighted by Crippen LogP contribution is 2.13. The summed E-state index contributed by atoms with van der Waals surface area (Å²) in [5, 5.41) is 3.01. The first-order chi connectivity index (χ1) is 9.57. The molecule has 0 unspecified atom stereocenters. The molecule has 0 aromatic heterocycles. The predicted molar refractivity (Wildman–Crippen MR) is 85.6 cm³/mol. The van der Waals surface area contributed by atoms with Crippen LogP contribution in [-0.4, -0.2) is 27.8 Å². The number of aryl methyl sites for hydroxylation is 1. The van der Waals surface area contributed by atoms with Crippen LogP contribution in [0.1, 0.15) is 38.2 Å². The van der Waals surface area contributed by atoms with Crippen molar-refractivity contribution in [3.05, 3.63) is 29.8 Å². The Bertz CT molecular complexity index is 469. The lowest BCUT2D eigenvalue weighted by Crippen LogP contribution is -2.18. The molecule has 0 aliphatic heterocycles. The number of sulfonamides is 1. The normalized spacial score (nSPS) is 11.5. The van der Waals surface area contributed by atoms with Crippen LogP contribution >= 0.6 is 0 Å². The molecule has 0 aliphatic rings. The maximum atomic E-state index is 11.9. The number of unbranched alkanes of at least 4 members (excludes halogenated alkanes) is 2. The first-order valence-electron chi connectivity index (χ1n) is 7.31. The number of anilines is 1. The summed E-state index contributed by atoms with van der Waals surface area (Å²) in [6, 6.07) is 7.68. The van der Waals surface area contributed by atoms with Gasteiger partial charge in [-0.25, -0.2) is 8.42 Å². The van der Waals surface area contributed by atoms with Gasteiger partial charge in [0.2, 0.25) is 10.0 Å². The summed E-state index contributed by atoms with van der Waals surface area (Å²) in [5.41, 5.74) is 1.91. The smallest absolute Gasteiger partial charge is 0.232 e. The Hall–Kier alpha value is -1.07. The number of hydrogen-bond acceptors (Lipinski definition) is 3. The minimum atomic E-state index is -3.22. The molecule has 20 heavy (non-hydrogen) atoms. The summed E-state index contributed by atoms with van der Waals surface area (Å²) in [6.45, 7) is 3.01. The number of hydrogen-bond donors (Lipinski definition) is 2. The van der Waals surface area contributed by atoms with Gasteiger partial charge in [0, 0.05) is 5.69 Å². The maximum absolute atomic E-state index is 11.9. The molecule has 0 fully saturated rings. The van der Waals surface area contributed by atoms with E-state index in [1.807, 2.05) is 31.3 Å². The van der Waals surface area contributed by atoms with E-state index < -0.39 is 10.0 Å². The summed E-state index contributed by atoms with van der Waals surface area (Å²) in [4.78, 5) is 0. The molecule has 0 aliphatic carbocycles.